The van der Waals surface area contributed by atoms with Gasteiger partial charge < -0.3 is 10.1 Å². The van der Waals surface area contributed by atoms with E-state index in [0.717, 1.165) is 18.9 Å². The summed E-state index contributed by atoms with van der Waals surface area (Å²) in [5, 5.41) is 7.72. The molecular formula is C14H19N3O. The van der Waals surface area contributed by atoms with Gasteiger partial charge in [-0.25, -0.2) is 0 Å². The van der Waals surface area contributed by atoms with E-state index >= 15 is 0 Å². The van der Waals surface area contributed by atoms with Crippen LogP contribution in [-0.2, 0) is 24.4 Å². The molecule has 0 amide bonds. The van der Waals surface area contributed by atoms with Crippen LogP contribution in [0.3, 0.4) is 0 Å². The zero-order valence-corrected chi connectivity index (χ0v) is 10.9. The molecule has 18 heavy (non-hydrogen) atoms. The van der Waals surface area contributed by atoms with Crippen molar-refractivity contribution >= 4 is 5.82 Å². The molecule has 4 heteroatoms. The van der Waals surface area contributed by atoms with E-state index in [1.54, 1.807) is 7.11 Å². The first-order valence-electron chi connectivity index (χ1n) is 6.16. The highest BCUT2D eigenvalue weighted by molar-refractivity contribution is 5.36. The largest absolute Gasteiger partial charge is 0.380 e. The molecule has 0 aliphatic carbocycles. The standard InChI is InChI=1S/C14H19N3O/c1-3-17-9-8-14(16-17)15-10-12-6-4-5-7-13(12)11-18-2/h4-9H,3,10-11H2,1-2H3,(H,15,16). The molecule has 2 aromatic rings. The maximum Gasteiger partial charge on any atom is 0.148 e. The highest BCUT2D eigenvalue weighted by atomic mass is 16.5. The van der Waals surface area contributed by atoms with Crippen molar-refractivity contribution in [2.24, 2.45) is 0 Å². The summed E-state index contributed by atoms with van der Waals surface area (Å²) in [6.07, 6.45) is 1.98. The third kappa shape index (κ3) is 3.11. The van der Waals surface area contributed by atoms with Crippen molar-refractivity contribution in [2.75, 3.05) is 12.4 Å². The molecule has 0 radical (unpaired) electrons. The summed E-state index contributed by atoms with van der Waals surface area (Å²) in [4.78, 5) is 0. The van der Waals surface area contributed by atoms with E-state index < -0.39 is 0 Å². The molecule has 0 unspecified atom stereocenters. The van der Waals surface area contributed by atoms with E-state index in [1.807, 2.05) is 29.1 Å². The number of ether oxygens (including phenoxy) is 1. The van der Waals surface area contributed by atoms with Gasteiger partial charge in [-0.1, -0.05) is 24.3 Å². The zero-order valence-electron chi connectivity index (χ0n) is 10.9. The number of benzene rings is 1. The first-order valence-corrected chi connectivity index (χ1v) is 6.16. The van der Waals surface area contributed by atoms with Crippen molar-refractivity contribution < 1.29 is 4.74 Å². The van der Waals surface area contributed by atoms with Crippen molar-refractivity contribution in [3.8, 4) is 0 Å². The van der Waals surface area contributed by atoms with Crippen LogP contribution in [0.15, 0.2) is 36.5 Å². The van der Waals surface area contributed by atoms with Gasteiger partial charge in [0.1, 0.15) is 5.82 Å². The summed E-state index contributed by atoms with van der Waals surface area (Å²) in [6, 6.07) is 10.3. The Kier molecular flexibility index (Phi) is 4.36. The minimum absolute atomic E-state index is 0.640. The Hall–Kier alpha value is -1.81. The van der Waals surface area contributed by atoms with Gasteiger partial charge in [0.25, 0.3) is 0 Å². The predicted octanol–water partition coefficient (Wildman–Crippen LogP) is 2.66. The molecule has 0 saturated heterocycles. The highest BCUT2D eigenvalue weighted by Gasteiger charge is 2.02. The molecule has 96 valence electrons. The molecule has 0 saturated carbocycles. The number of aromatic nitrogens is 2. The normalized spacial score (nSPS) is 10.6. The maximum atomic E-state index is 5.19. The van der Waals surface area contributed by atoms with Gasteiger partial charge in [-0.2, -0.15) is 5.10 Å². The second-order valence-electron chi connectivity index (χ2n) is 4.11. The van der Waals surface area contributed by atoms with Gasteiger partial charge in [0, 0.05) is 32.5 Å². The number of anilines is 1. The van der Waals surface area contributed by atoms with Gasteiger partial charge >= 0.3 is 0 Å². The van der Waals surface area contributed by atoms with E-state index in [-0.39, 0.29) is 0 Å². The third-order valence-corrected chi connectivity index (χ3v) is 2.84. The Morgan fingerprint density at radius 2 is 2.00 bits per heavy atom. The first-order chi connectivity index (χ1) is 8.83. The maximum absolute atomic E-state index is 5.19. The quantitative estimate of drug-likeness (QED) is 0.850. The summed E-state index contributed by atoms with van der Waals surface area (Å²) in [5.41, 5.74) is 2.45. The Bertz CT molecular complexity index is 493. The SMILES string of the molecule is CCn1ccc(NCc2ccccc2COC)n1. The molecule has 1 aromatic carbocycles. The summed E-state index contributed by atoms with van der Waals surface area (Å²) in [7, 11) is 1.72. The minimum atomic E-state index is 0.640. The molecule has 0 fully saturated rings. The number of hydrogen-bond acceptors (Lipinski definition) is 3. The van der Waals surface area contributed by atoms with Crippen LogP contribution >= 0.6 is 0 Å². The first kappa shape index (κ1) is 12.6. The number of rotatable bonds is 6. The van der Waals surface area contributed by atoms with Gasteiger partial charge in [-0.15, -0.1) is 0 Å². The number of aryl methyl sites for hydroxylation is 1. The van der Waals surface area contributed by atoms with E-state index in [2.05, 4.69) is 29.5 Å². The van der Waals surface area contributed by atoms with Crippen molar-refractivity contribution in [2.45, 2.75) is 26.6 Å². The van der Waals surface area contributed by atoms with Crippen LogP contribution in [-0.4, -0.2) is 16.9 Å². The Morgan fingerprint density at radius 3 is 2.67 bits per heavy atom. The Morgan fingerprint density at radius 1 is 1.22 bits per heavy atom. The Labute approximate surface area is 108 Å². The molecule has 0 spiro atoms. The van der Waals surface area contributed by atoms with Gasteiger partial charge in [0.05, 0.1) is 6.61 Å². The Balaban J connectivity index is 2.01. The minimum Gasteiger partial charge on any atom is -0.380 e. The lowest BCUT2D eigenvalue weighted by atomic mass is 10.1. The molecule has 1 aromatic heterocycles. The van der Waals surface area contributed by atoms with Crippen molar-refractivity contribution in [1.29, 1.82) is 0 Å². The highest BCUT2D eigenvalue weighted by Crippen LogP contribution is 2.12. The predicted molar refractivity (Wildman–Crippen MR) is 72.4 cm³/mol. The average Bonchev–Trinajstić information content (AvgIpc) is 2.86. The molecule has 4 nitrogen and oxygen atoms in total. The van der Waals surface area contributed by atoms with E-state index in [1.165, 1.54) is 11.1 Å². The van der Waals surface area contributed by atoms with Crippen LogP contribution in [0.1, 0.15) is 18.1 Å². The van der Waals surface area contributed by atoms with Crippen LogP contribution in [0.25, 0.3) is 0 Å². The summed E-state index contributed by atoms with van der Waals surface area (Å²) in [6.45, 7) is 4.37. The fourth-order valence-corrected chi connectivity index (χ4v) is 1.84. The number of nitrogens with zero attached hydrogens (tertiary/aromatic N) is 2. The van der Waals surface area contributed by atoms with E-state index in [4.69, 9.17) is 4.74 Å². The van der Waals surface area contributed by atoms with Crippen LogP contribution in [0.5, 0.6) is 0 Å². The lowest BCUT2D eigenvalue weighted by Crippen LogP contribution is -2.04. The molecule has 0 aliphatic heterocycles. The molecule has 2 rings (SSSR count). The fraction of sp³-hybridized carbons (Fsp3) is 0.357. The van der Waals surface area contributed by atoms with Crippen LogP contribution in [0.2, 0.25) is 0 Å². The number of methoxy groups -OCH3 is 1. The zero-order chi connectivity index (χ0) is 12.8. The summed E-state index contributed by atoms with van der Waals surface area (Å²) >= 11 is 0. The van der Waals surface area contributed by atoms with Crippen LogP contribution in [0, 0.1) is 0 Å². The van der Waals surface area contributed by atoms with Gasteiger partial charge in [0.15, 0.2) is 0 Å². The lowest BCUT2D eigenvalue weighted by molar-refractivity contribution is 0.184. The van der Waals surface area contributed by atoms with Gasteiger partial charge in [-0.05, 0) is 18.1 Å². The second kappa shape index (κ2) is 6.21. The molecule has 1 N–H and O–H groups in total. The average molecular weight is 245 g/mol. The van der Waals surface area contributed by atoms with Crippen molar-refractivity contribution in [3.63, 3.8) is 0 Å². The van der Waals surface area contributed by atoms with E-state index in [0.29, 0.717) is 6.61 Å². The third-order valence-electron chi connectivity index (χ3n) is 2.84. The van der Waals surface area contributed by atoms with Crippen molar-refractivity contribution in [1.82, 2.24) is 9.78 Å². The van der Waals surface area contributed by atoms with Crippen LogP contribution in [0.4, 0.5) is 5.82 Å². The molecule has 0 aliphatic rings. The second-order valence-corrected chi connectivity index (χ2v) is 4.11. The molecule has 1 heterocycles. The van der Waals surface area contributed by atoms with Crippen molar-refractivity contribution in [3.05, 3.63) is 47.7 Å². The number of nitrogens with one attached hydrogen (secondary N) is 1. The van der Waals surface area contributed by atoms with E-state index in [9.17, 15) is 0 Å². The monoisotopic (exact) mass is 245 g/mol. The molecule has 0 bridgehead atoms. The summed E-state index contributed by atoms with van der Waals surface area (Å²) in [5.74, 6) is 0.907. The molecule has 0 atom stereocenters. The lowest BCUT2D eigenvalue weighted by Gasteiger charge is -2.09. The smallest absolute Gasteiger partial charge is 0.148 e. The van der Waals surface area contributed by atoms with Gasteiger partial charge in [-0.3, -0.25) is 4.68 Å². The fourth-order valence-electron chi connectivity index (χ4n) is 1.84. The molecular weight excluding hydrogens is 226 g/mol. The van der Waals surface area contributed by atoms with Gasteiger partial charge in [0.2, 0.25) is 0 Å². The summed E-state index contributed by atoms with van der Waals surface area (Å²) < 4.78 is 7.10. The topological polar surface area (TPSA) is 39.1 Å². The van der Waals surface area contributed by atoms with Crippen LogP contribution < -0.4 is 5.32 Å². The number of hydrogen-bond donors (Lipinski definition) is 1.